The molecule has 1 saturated heterocycles. The third kappa shape index (κ3) is 5.18. The predicted octanol–water partition coefficient (Wildman–Crippen LogP) is 2.26. The van der Waals surface area contributed by atoms with Crippen LogP contribution in [-0.2, 0) is 16.0 Å². The summed E-state index contributed by atoms with van der Waals surface area (Å²) in [6.45, 7) is 0.0431. The molecule has 0 N–H and O–H groups in total. The Bertz CT molecular complexity index is 879. The number of benzene rings is 2. The van der Waals surface area contributed by atoms with E-state index < -0.39 is 12.6 Å². The van der Waals surface area contributed by atoms with Crippen LogP contribution in [-0.4, -0.2) is 34.2 Å². The number of carbonyl (C=O) groups excluding carboxylic acids is 2. The predicted molar refractivity (Wildman–Crippen MR) is 107 cm³/mol. The molecule has 2 aromatic carbocycles. The number of thioether (sulfide) groups is 1. The number of thiocarbonyl (C=S) groups is 1. The molecule has 0 spiro atoms. The minimum atomic E-state index is -1.28. The Labute approximate surface area is 166 Å². The second-order valence-electron chi connectivity index (χ2n) is 5.80. The fraction of sp³-hybridized carbons (Fsp3) is 0.150. The average molecular weight is 398 g/mol. The van der Waals surface area contributed by atoms with E-state index in [4.69, 9.17) is 17.0 Å². The summed E-state index contributed by atoms with van der Waals surface area (Å²) >= 11 is 6.63. The molecule has 2 aromatic rings. The van der Waals surface area contributed by atoms with Crippen molar-refractivity contribution in [2.24, 2.45) is 0 Å². The smallest absolute Gasteiger partial charge is 0.266 e. The summed E-state index contributed by atoms with van der Waals surface area (Å²) in [5.41, 5.74) is 1.96. The molecule has 0 unspecified atom stereocenters. The zero-order chi connectivity index (χ0) is 19.2. The van der Waals surface area contributed by atoms with E-state index in [9.17, 15) is 14.7 Å². The van der Waals surface area contributed by atoms with Crippen LogP contribution in [0.3, 0.4) is 0 Å². The molecule has 0 bridgehead atoms. The van der Waals surface area contributed by atoms with Crippen LogP contribution in [0.4, 0.5) is 0 Å². The highest BCUT2D eigenvalue weighted by molar-refractivity contribution is 8.26. The van der Waals surface area contributed by atoms with Crippen molar-refractivity contribution in [3.63, 3.8) is 0 Å². The number of carboxylic acids is 1. The van der Waals surface area contributed by atoms with E-state index in [1.807, 2.05) is 30.3 Å². The van der Waals surface area contributed by atoms with Gasteiger partial charge in [0.2, 0.25) is 0 Å². The molecule has 27 heavy (non-hydrogen) atoms. The van der Waals surface area contributed by atoms with Gasteiger partial charge >= 0.3 is 0 Å². The Morgan fingerprint density at radius 1 is 1.15 bits per heavy atom. The van der Waals surface area contributed by atoms with Gasteiger partial charge in [-0.1, -0.05) is 66.4 Å². The van der Waals surface area contributed by atoms with Crippen LogP contribution in [0.5, 0.6) is 5.75 Å². The van der Waals surface area contributed by atoms with Gasteiger partial charge in [0.1, 0.15) is 16.7 Å². The van der Waals surface area contributed by atoms with Gasteiger partial charge in [0.05, 0.1) is 10.9 Å². The van der Waals surface area contributed by atoms with Gasteiger partial charge in [-0.15, -0.1) is 0 Å². The van der Waals surface area contributed by atoms with Gasteiger partial charge in [-0.05, 0) is 35.8 Å². The Morgan fingerprint density at radius 3 is 2.52 bits per heavy atom. The van der Waals surface area contributed by atoms with Crippen LogP contribution in [0.25, 0.3) is 6.08 Å². The summed E-state index contributed by atoms with van der Waals surface area (Å²) in [4.78, 5) is 25.2. The maximum absolute atomic E-state index is 12.6. The minimum Gasteiger partial charge on any atom is -0.546 e. The second-order valence-corrected chi connectivity index (χ2v) is 7.47. The lowest BCUT2D eigenvalue weighted by molar-refractivity contribution is -0.307. The summed E-state index contributed by atoms with van der Waals surface area (Å²) in [5, 5.41) is 10.4. The average Bonchev–Trinajstić information content (AvgIpc) is 2.93. The summed E-state index contributed by atoms with van der Waals surface area (Å²) in [5.74, 6) is -0.955. The van der Waals surface area contributed by atoms with Crippen LogP contribution < -0.4 is 9.84 Å². The molecule has 138 valence electrons. The van der Waals surface area contributed by atoms with Crippen LogP contribution in [0, 0.1) is 0 Å². The first-order valence-electron chi connectivity index (χ1n) is 8.25. The molecule has 0 aliphatic carbocycles. The van der Waals surface area contributed by atoms with Crippen LogP contribution >= 0.6 is 24.0 Å². The highest BCUT2D eigenvalue weighted by Gasteiger charge is 2.31. The van der Waals surface area contributed by atoms with E-state index in [0.29, 0.717) is 21.5 Å². The first kappa shape index (κ1) is 19.1. The number of carboxylic acid groups (broad SMARTS) is 1. The summed E-state index contributed by atoms with van der Waals surface area (Å²) in [6, 6.07) is 16.7. The molecule has 1 heterocycles. The van der Waals surface area contributed by atoms with Crippen molar-refractivity contribution >= 4 is 46.3 Å². The minimum absolute atomic E-state index is 0.0989. The van der Waals surface area contributed by atoms with Crippen molar-refractivity contribution in [2.75, 3.05) is 13.2 Å². The Hall–Kier alpha value is -2.64. The lowest BCUT2D eigenvalue weighted by Crippen LogP contribution is -2.30. The lowest BCUT2D eigenvalue weighted by atomic mass is 10.1. The largest absolute Gasteiger partial charge is 0.546 e. The summed E-state index contributed by atoms with van der Waals surface area (Å²) in [6.07, 6.45) is 2.51. The van der Waals surface area contributed by atoms with Crippen molar-refractivity contribution in [3.05, 3.63) is 70.6 Å². The third-order valence-electron chi connectivity index (χ3n) is 3.88. The van der Waals surface area contributed by atoms with Crippen LogP contribution in [0.1, 0.15) is 11.1 Å². The number of hydrogen-bond acceptors (Lipinski definition) is 6. The van der Waals surface area contributed by atoms with Crippen molar-refractivity contribution in [1.82, 2.24) is 4.90 Å². The van der Waals surface area contributed by atoms with Gasteiger partial charge in [-0.3, -0.25) is 9.69 Å². The van der Waals surface area contributed by atoms with Crippen molar-refractivity contribution < 1.29 is 19.4 Å². The number of aliphatic carboxylic acids is 1. The third-order valence-corrected chi connectivity index (χ3v) is 5.25. The monoisotopic (exact) mass is 398 g/mol. The zero-order valence-electron chi connectivity index (χ0n) is 14.3. The molecule has 0 aromatic heterocycles. The molecule has 5 nitrogen and oxygen atoms in total. The lowest BCUT2D eigenvalue weighted by Gasteiger charge is -2.14. The van der Waals surface area contributed by atoms with E-state index in [1.165, 1.54) is 11.8 Å². The number of ether oxygens (including phenoxy) is 1. The maximum Gasteiger partial charge on any atom is 0.266 e. The van der Waals surface area contributed by atoms with Crippen LogP contribution in [0.2, 0.25) is 0 Å². The maximum atomic E-state index is 12.6. The van der Waals surface area contributed by atoms with E-state index >= 15 is 0 Å². The molecule has 3 rings (SSSR count). The summed E-state index contributed by atoms with van der Waals surface area (Å²) in [7, 11) is 0. The van der Waals surface area contributed by atoms with Gasteiger partial charge in [-0.25, -0.2) is 0 Å². The number of amides is 1. The Morgan fingerprint density at radius 2 is 1.85 bits per heavy atom. The Balaban J connectivity index is 1.64. The molecule has 7 heteroatoms. The van der Waals surface area contributed by atoms with Gasteiger partial charge < -0.3 is 14.6 Å². The van der Waals surface area contributed by atoms with Crippen molar-refractivity contribution in [1.29, 1.82) is 0 Å². The number of hydrogen-bond donors (Lipinski definition) is 0. The van der Waals surface area contributed by atoms with Crippen molar-refractivity contribution in [3.8, 4) is 5.75 Å². The summed E-state index contributed by atoms with van der Waals surface area (Å²) < 4.78 is 5.59. The molecule has 1 fully saturated rings. The van der Waals surface area contributed by atoms with Gasteiger partial charge in [0.25, 0.3) is 5.91 Å². The number of nitrogens with zero attached hydrogens (tertiary/aromatic N) is 1. The molecular formula is C20H16NO4S2-. The molecule has 1 amide bonds. The molecule has 0 radical (unpaired) electrons. The Kier molecular flexibility index (Phi) is 6.26. The fourth-order valence-corrected chi connectivity index (χ4v) is 3.84. The second kappa shape index (κ2) is 8.83. The highest BCUT2D eigenvalue weighted by atomic mass is 32.2. The van der Waals surface area contributed by atoms with Gasteiger partial charge in [-0.2, -0.15) is 0 Å². The van der Waals surface area contributed by atoms with Crippen LogP contribution in [0.15, 0.2) is 59.5 Å². The van der Waals surface area contributed by atoms with Crippen molar-refractivity contribution in [2.45, 2.75) is 6.42 Å². The molecule has 1 aliphatic rings. The van der Waals surface area contributed by atoms with Gasteiger partial charge in [0, 0.05) is 6.54 Å². The quantitative estimate of drug-likeness (QED) is 0.526. The standard InChI is InChI=1S/C20H17NO4S2/c22-18(23)13-25-16-8-6-15(7-9-16)12-17-19(24)21(20(26)27-17)11-10-14-4-2-1-3-5-14/h1-9,12H,10-11,13H2,(H,22,23)/p-1/b17-12-. The van der Waals surface area contributed by atoms with Gasteiger partial charge in [0.15, 0.2) is 0 Å². The molecule has 1 aliphatic heterocycles. The molecular weight excluding hydrogens is 382 g/mol. The zero-order valence-corrected chi connectivity index (χ0v) is 15.9. The van der Waals surface area contributed by atoms with E-state index in [2.05, 4.69) is 0 Å². The topological polar surface area (TPSA) is 69.7 Å². The SMILES string of the molecule is O=C([O-])COc1ccc(/C=C2\SC(=S)N(CCc3ccccc3)C2=O)cc1. The van der Waals surface area contributed by atoms with E-state index in [0.717, 1.165) is 17.5 Å². The normalized spacial score (nSPS) is 15.4. The van der Waals surface area contributed by atoms with E-state index in [-0.39, 0.29) is 5.91 Å². The first-order valence-corrected chi connectivity index (χ1v) is 9.47. The first-order chi connectivity index (χ1) is 13.0. The number of rotatable bonds is 7. The molecule has 0 saturated carbocycles. The number of carbonyl (C=O) groups is 2. The van der Waals surface area contributed by atoms with E-state index in [1.54, 1.807) is 35.2 Å². The highest BCUT2D eigenvalue weighted by Crippen LogP contribution is 2.32. The fourth-order valence-electron chi connectivity index (χ4n) is 2.53. The molecule has 0 atom stereocenters.